The molecule has 0 unspecified atom stereocenters. The van der Waals surface area contributed by atoms with Gasteiger partial charge in [-0.05, 0) is 24.1 Å². The van der Waals surface area contributed by atoms with Crippen LogP contribution >= 0.6 is 0 Å². The van der Waals surface area contributed by atoms with E-state index in [-0.39, 0.29) is 25.8 Å². The number of carbonyl (C=O) groups excluding carboxylic acids is 1. The SMILES string of the molecule is O=C(O)COCCNC(=O)NCCc1ccncc1. The van der Waals surface area contributed by atoms with E-state index in [0.29, 0.717) is 6.54 Å². The minimum absolute atomic E-state index is 0.171. The highest BCUT2D eigenvalue weighted by Gasteiger charge is 2.00. The molecule has 0 fully saturated rings. The number of aliphatic carboxylic acids is 1. The molecule has 0 radical (unpaired) electrons. The molecule has 19 heavy (non-hydrogen) atoms. The number of hydrogen-bond donors (Lipinski definition) is 3. The predicted octanol–water partition coefficient (Wildman–Crippen LogP) is 0.0245. The monoisotopic (exact) mass is 267 g/mol. The molecule has 0 aromatic carbocycles. The van der Waals surface area contributed by atoms with Gasteiger partial charge in [0.2, 0.25) is 0 Å². The van der Waals surface area contributed by atoms with Gasteiger partial charge in [-0.2, -0.15) is 0 Å². The van der Waals surface area contributed by atoms with E-state index in [0.717, 1.165) is 12.0 Å². The smallest absolute Gasteiger partial charge is 0.329 e. The molecule has 0 aliphatic carbocycles. The molecule has 1 aromatic heterocycles. The van der Waals surface area contributed by atoms with Crippen LogP contribution in [0.15, 0.2) is 24.5 Å². The van der Waals surface area contributed by atoms with Crippen molar-refractivity contribution in [3.63, 3.8) is 0 Å². The summed E-state index contributed by atoms with van der Waals surface area (Å²) in [4.78, 5) is 25.4. The summed E-state index contributed by atoms with van der Waals surface area (Å²) in [5.41, 5.74) is 1.10. The van der Waals surface area contributed by atoms with Gasteiger partial charge in [0.25, 0.3) is 0 Å². The van der Waals surface area contributed by atoms with Crippen LogP contribution in [0.2, 0.25) is 0 Å². The molecule has 7 nitrogen and oxygen atoms in total. The summed E-state index contributed by atoms with van der Waals surface area (Å²) < 4.78 is 4.77. The fraction of sp³-hybridized carbons (Fsp3) is 0.417. The molecule has 2 amide bonds. The fourth-order valence-electron chi connectivity index (χ4n) is 1.33. The largest absolute Gasteiger partial charge is 0.480 e. The summed E-state index contributed by atoms with van der Waals surface area (Å²) in [6.45, 7) is 0.607. The van der Waals surface area contributed by atoms with Crippen molar-refractivity contribution in [3.8, 4) is 0 Å². The van der Waals surface area contributed by atoms with Crippen LogP contribution in [0.3, 0.4) is 0 Å². The normalized spacial score (nSPS) is 9.89. The Bertz CT molecular complexity index is 397. The molecule has 1 heterocycles. The Morgan fingerprint density at radius 3 is 2.58 bits per heavy atom. The van der Waals surface area contributed by atoms with E-state index < -0.39 is 5.97 Å². The average molecular weight is 267 g/mol. The number of aromatic nitrogens is 1. The van der Waals surface area contributed by atoms with Crippen LogP contribution < -0.4 is 10.6 Å². The molecule has 0 saturated carbocycles. The molecule has 104 valence electrons. The third-order valence-corrected chi connectivity index (χ3v) is 2.21. The van der Waals surface area contributed by atoms with Gasteiger partial charge in [0.1, 0.15) is 6.61 Å². The van der Waals surface area contributed by atoms with E-state index in [9.17, 15) is 9.59 Å². The molecule has 0 aliphatic rings. The highest BCUT2D eigenvalue weighted by Crippen LogP contribution is 1.95. The van der Waals surface area contributed by atoms with Crippen LogP contribution in [0, 0.1) is 0 Å². The molecule has 1 rings (SSSR count). The maximum atomic E-state index is 11.3. The minimum Gasteiger partial charge on any atom is -0.480 e. The highest BCUT2D eigenvalue weighted by atomic mass is 16.5. The number of carbonyl (C=O) groups is 2. The van der Waals surface area contributed by atoms with Gasteiger partial charge in [-0.15, -0.1) is 0 Å². The maximum Gasteiger partial charge on any atom is 0.329 e. The van der Waals surface area contributed by atoms with E-state index in [1.165, 1.54) is 0 Å². The number of ether oxygens (including phenoxy) is 1. The van der Waals surface area contributed by atoms with Gasteiger partial charge in [-0.25, -0.2) is 9.59 Å². The van der Waals surface area contributed by atoms with Crippen LogP contribution in [0.1, 0.15) is 5.56 Å². The Hall–Kier alpha value is -2.15. The molecule has 1 aromatic rings. The third kappa shape index (κ3) is 7.72. The Kier molecular flexibility index (Phi) is 6.96. The third-order valence-electron chi connectivity index (χ3n) is 2.21. The number of nitrogens with zero attached hydrogens (tertiary/aromatic N) is 1. The van der Waals surface area contributed by atoms with Gasteiger partial charge < -0.3 is 20.5 Å². The number of pyridine rings is 1. The van der Waals surface area contributed by atoms with Crippen molar-refractivity contribution in [2.24, 2.45) is 0 Å². The lowest BCUT2D eigenvalue weighted by atomic mass is 10.2. The Morgan fingerprint density at radius 2 is 1.89 bits per heavy atom. The number of hydrogen-bond acceptors (Lipinski definition) is 4. The Morgan fingerprint density at radius 1 is 1.21 bits per heavy atom. The second-order valence-electron chi connectivity index (χ2n) is 3.73. The zero-order valence-electron chi connectivity index (χ0n) is 10.5. The predicted molar refractivity (Wildman–Crippen MR) is 67.8 cm³/mol. The highest BCUT2D eigenvalue weighted by molar-refractivity contribution is 5.73. The maximum absolute atomic E-state index is 11.3. The zero-order valence-corrected chi connectivity index (χ0v) is 10.5. The lowest BCUT2D eigenvalue weighted by molar-refractivity contribution is -0.142. The number of carboxylic acids is 1. The number of carboxylic acid groups (broad SMARTS) is 1. The summed E-state index contributed by atoms with van der Waals surface area (Å²) in [5, 5.41) is 13.6. The van der Waals surface area contributed by atoms with Crippen LogP contribution in [-0.4, -0.2) is 48.4 Å². The van der Waals surface area contributed by atoms with Gasteiger partial charge in [0.15, 0.2) is 0 Å². The number of rotatable bonds is 8. The van der Waals surface area contributed by atoms with Gasteiger partial charge in [-0.1, -0.05) is 0 Å². The summed E-state index contributed by atoms with van der Waals surface area (Å²) in [6.07, 6.45) is 4.13. The van der Waals surface area contributed by atoms with Crippen LogP contribution in [-0.2, 0) is 16.0 Å². The fourth-order valence-corrected chi connectivity index (χ4v) is 1.33. The molecule has 7 heteroatoms. The van der Waals surface area contributed by atoms with Gasteiger partial charge in [0.05, 0.1) is 6.61 Å². The number of amides is 2. The number of urea groups is 1. The van der Waals surface area contributed by atoms with E-state index >= 15 is 0 Å². The first kappa shape index (κ1) is 14.9. The van der Waals surface area contributed by atoms with Crippen LogP contribution in [0.4, 0.5) is 4.79 Å². The van der Waals surface area contributed by atoms with Gasteiger partial charge >= 0.3 is 12.0 Å². The molecule has 0 spiro atoms. The van der Waals surface area contributed by atoms with E-state index in [4.69, 9.17) is 9.84 Å². The second-order valence-corrected chi connectivity index (χ2v) is 3.73. The quantitative estimate of drug-likeness (QED) is 0.577. The molecule has 0 saturated heterocycles. The molecule has 0 aliphatic heterocycles. The van der Waals surface area contributed by atoms with E-state index in [1.807, 2.05) is 12.1 Å². The standard InChI is InChI=1S/C12H17N3O4/c16-11(17)9-19-8-7-15-12(18)14-6-3-10-1-4-13-5-2-10/h1-2,4-5H,3,6-9H2,(H,16,17)(H2,14,15,18). The van der Waals surface area contributed by atoms with Crippen molar-refractivity contribution in [1.82, 2.24) is 15.6 Å². The van der Waals surface area contributed by atoms with Crippen LogP contribution in [0.25, 0.3) is 0 Å². The van der Waals surface area contributed by atoms with E-state index in [1.54, 1.807) is 12.4 Å². The summed E-state index contributed by atoms with van der Waals surface area (Å²) >= 11 is 0. The van der Waals surface area contributed by atoms with Crippen molar-refractivity contribution < 1.29 is 19.4 Å². The van der Waals surface area contributed by atoms with Crippen LogP contribution in [0.5, 0.6) is 0 Å². The van der Waals surface area contributed by atoms with Crippen molar-refractivity contribution in [1.29, 1.82) is 0 Å². The van der Waals surface area contributed by atoms with Gasteiger partial charge in [0, 0.05) is 25.5 Å². The second kappa shape index (κ2) is 8.87. The molecule has 3 N–H and O–H groups in total. The first-order valence-corrected chi connectivity index (χ1v) is 5.88. The molecular weight excluding hydrogens is 250 g/mol. The minimum atomic E-state index is -1.03. The topological polar surface area (TPSA) is 101 Å². The van der Waals surface area contributed by atoms with Crippen molar-refractivity contribution >= 4 is 12.0 Å². The summed E-state index contributed by atoms with van der Waals surface area (Å²) in [7, 11) is 0. The van der Waals surface area contributed by atoms with Crippen molar-refractivity contribution in [2.45, 2.75) is 6.42 Å². The molecular formula is C12H17N3O4. The van der Waals surface area contributed by atoms with E-state index in [2.05, 4.69) is 15.6 Å². The zero-order chi connectivity index (χ0) is 13.9. The van der Waals surface area contributed by atoms with Crippen molar-refractivity contribution in [2.75, 3.05) is 26.3 Å². The first-order valence-electron chi connectivity index (χ1n) is 5.88. The Balaban J connectivity index is 2.01. The van der Waals surface area contributed by atoms with Crippen molar-refractivity contribution in [3.05, 3.63) is 30.1 Å². The molecule has 0 bridgehead atoms. The lowest BCUT2D eigenvalue weighted by Gasteiger charge is -2.07. The van der Waals surface area contributed by atoms with Gasteiger partial charge in [-0.3, -0.25) is 4.98 Å². The summed E-state index contributed by atoms with van der Waals surface area (Å²) in [5.74, 6) is -1.03. The Labute approximate surface area is 111 Å². The lowest BCUT2D eigenvalue weighted by Crippen LogP contribution is -2.38. The first-order chi connectivity index (χ1) is 9.18. The average Bonchev–Trinajstić information content (AvgIpc) is 2.39. The summed E-state index contributed by atoms with van der Waals surface area (Å²) in [6, 6.07) is 3.48. The number of nitrogens with one attached hydrogen (secondary N) is 2. The molecule has 0 atom stereocenters.